The number of quaternary nitrogens is 1. The quantitative estimate of drug-likeness (QED) is 0.317. The normalized spacial score (nSPS) is 16.7. The average molecular weight is 413 g/mol. The Morgan fingerprint density at radius 1 is 0.933 bits per heavy atom. The lowest BCUT2D eigenvalue weighted by atomic mass is 9.76. The number of carbonyl (C=O) groups excluding carboxylic acids is 3. The van der Waals surface area contributed by atoms with Crippen molar-refractivity contribution < 1.29 is 18.9 Å². The number of rotatable bonds is 11. The summed E-state index contributed by atoms with van der Waals surface area (Å²) in [5.41, 5.74) is -0.532. The van der Waals surface area contributed by atoms with E-state index in [2.05, 4.69) is 34.1 Å². The van der Waals surface area contributed by atoms with E-state index in [1.54, 1.807) is 12.2 Å². The van der Waals surface area contributed by atoms with Gasteiger partial charge in [0, 0.05) is 0 Å². The number of hydrogen-bond donors (Lipinski definition) is 0. The molecule has 6 heteroatoms. The standard InChI is InChI=1S/C24H34N3O3/c1-6-15-24(16-7-2)21(28)25(17-18-27(5,8-3)9-4)23(30)26(22(24)29)19-20-13-11-10-12-14-20/h6-7,10-14H,1-2,8-9,15-19H2,3-5H3/q+1. The minimum absolute atomic E-state index is 0.131. The van der Waals surface area contributed by atoms with Gasteiger partial charge in [0.15, 0.2) is 0 Å². The number of hydrogen-bond acceptors (Lipinski definition) is 3. The average Bonchev–Trinajstić information content (AvgIpc) is 2.76. The minimum atomic E-state index is -1.37. The fraction of sp³-hybridized carbons (Fsp3) is 0.458. The zero-order valence-corrected chi connectivity index (χ0v) is 18.5. The van der Waals surface area contributed by atoms with Crippen molar-refractivity contribution in [2.45, 2.75) is 33.2 Å². The summed E-state index contributed by atoms with van der Waals surface area (Å²) in [4.78, 5) is 42.7. The van der Waals surface area contributed by atoms with Gasteiger partial charge in [-0.2, -0.15) is 0 Å². The molecule has 0 aliphatic carbocycles. The molecule has 0 saturated carbocycles. The first-order valence-corrected chi connectivity index (χ1v) is 10.6. The fourth-order valence-electron chi connectivity index (χ4n) is 3.84. The number of barbiturate groups is 1. The molecule has 1 heterocycles. The Morgan fingerprint density at radius 3 is 1.97 bits per heavy atom. The van der Waals surface area contributed by atoms with E-state index >= 15 is 0 Å². The topological polar surface area (TPSA) is 57.7 Å². The zero-order chi connectivity index (χ0) is 22.4. The minimum Gasteiger partial charge on any atom is -0.325 e. The molecule has 6 nitrogen and oxygen atoms in total. The van der Waals surface area contributed by atoms with Crippen LogP contribution < -0.4 is 0 Å². The van der Waals surface area contributed by atoms with Crippen LogP contribution in [0.2, 0.25) is 0 Å². The van der Waals surface area contributed by atoms with Crippen molar-refractivity contribution in [1.82, 2.24) is 9.80 Å². The fourth-order valence-corrected chi connectivity index (χ4v) is 3.84. The molecule has 0 bridgehead atoms. The van der Waals surface area contributed by atoms with Crippen LogP contribution in [0.1, 0.15) is 32.3 Å². The maximum absolute atomic E-state index is 13.5. The molecule has 1 aromatic carbocycles. The van der Waals surface area contributed by atoms with Gasteiger partial charge in [-0.3, -0.25) is 19.4 Å². The molecule has 0 spiro atoms. The van der Waals surface area contributed by atoms with Crippen molar-refractivity contribution in [3.05, 3.63) is 61.2 Å². The summed E-state index contributed by atoms with van der Waals surface area (Å²) >= 11 is 0. The van der Waals surface area contributed by atoms with Gasteiger partial charge in [0.05, 0.1) is 39.8 Å². The molecule has 162 valence electrons. The summed E-state index contributed by atoms with van der Waals surface area (Å²) in [6.07, 6.45) is 3.48. The Hall–Kier alpha value is -2.73. The van der Waals surface area contributed by atoms with Gasteiger partial charge in [0.25, 0.3) is 0 Å². The number of benzene rings is 1. The first-order valence-electron chi connectivity index (χ1n) is 10.6. The van der Waals surface area contributed by atoms with Crippen molar-refractivity contribution in [1.29, 1.82) is 0 Å². The van der Waals surface area contributed by atoms with E-state index in [0.29, 0.717) is 6.54 Å². The van der Waals surface area contributed by atoms with Crippen LogP contribution in [0.4, 0.5) is 4.79 Å². The summed E-state index contributed by atoms with van der Waals surface area (Å²) in [6.45, 7) is 14.5. The largest absolute Gasteiger partial charge is 0.333 e. The first kappa shape index (κ1) is 23.5. The summed E-state index contributed by atoms with van der Waals surface area (Å²) in [5, 5.41) is 0. The van der Waals surface area contributed by atoms with Gasteiger partial charge in [-0.1, -0.05) is 42.5 Å². The van der Waals surface area contributed by atoms with Crippen molar-refractivity contribution in [2.75, 3.05) is 33.2 Å². The van der Waals surface area contributed by atoms with Gasteiger partial charge in [-0.05, 0) is 32.3 Å². The number of urea groups is 1. The smallest absolute Gasteiger partial charge is 0.325 e. The van der Waals surface area contributed by atoms with Crippen molar-refractivity contribution in [2.24, 2.45) is 5.41 Å². The third-order valence-electron chi connectivity index (χ3n) is 6.33. The monoisotopic (exact) mass is 412 g/mol. The SMILES string of the molecule is C=CCC1(CC=C)C(=O)N(CC[N+](C)(CC)CC)C(=O)N(Cc2ccccc2)C1=O. The second-order valence-electron chi connectivity index (χ2n) is 8.16. The maximum Gasteiger partial charge on any atom is 0.333 e. The van der Waals surface area contributed by atoms with E-state index in [0.717, 1.165) is 23.1 Å². The molecular formula is C24H34N3O3+. The van der Waals surface area contributed by atoms with E-state index in [9.17, 15) is 14.4 Å². The lowest BCUT2D eigenvalue weighted by Gasteiger charge is -2.44. The van der Waals surface area contributed by atoms with Crippen LogP contribution in [-0.2, 0) is 16.1 Å². The number of allylic oxidation sites excluding steroid dienone is 2. The molecule has 1 saturated heterocycles. The number of nitrogens with zero attached hydrogens (tertiary/aromatic N) is 3. The van der Waals surface area contributed by atoms with Crippen LogP contribution in [-0.4, -0.2) is 65.4 Å². The van der Waals surface area contributed by atoms with Crippen LogP contribution in [0, 0.1) is 5.41 Å². The third-order valence-corrected chi connectivity index (χ3v) is 6.33. The predicted molar refractivity (Wildman–Crippen MR) is 118 cm³/mol. The molecular weight excluding hydrogens is 378 g/mol. The Bertz CT molecular complexity index is 789. The summed E-state index contributed by atoms with van der Waals surface area (Å²) in [5.74, 6) is -0.916. The van der Waals surface area contributed by atoms with Gasteiger partial charge in [0.1, 0.15) is 5.41 Å². The molecule has 0 radical (unpaired) electrons. The molecule has 0 atom stereocenters. The van der Waals surface area contributed by atoms with Gasteiger partial charge < -0.3 is 4.48 Å². The molecule has 1 fully saturated rings. The molecule has 1 aliphatic heterocycles. The molecule has 0 aromatic heterocycles. The molecule has 4 amide bonds. The second-order valence-corrected chi connectivity index (χ2v) is 8.16. The Kier molecular flexibility index (Phi) is 7.73. The second kappa shape index (κ2) is 9.85. The summed E-state index contributed by atoms with van der Waals surface area (Å²) in [7, 11) is 2.10. The highest BCUT2D eigenvalue weighted by Gasteiger charge is 2.56. The first-order chi connectivity index (χ1) is 14.3. The van der Waals surface area contributed by atoms with Crippen molar-refractivity contribution >= 4 is 17.8 Å². The van der Waals surface area contributed by atoms with Crippen LogP contribution in [0.15, 0.2) is 55.6 Å². The molecule has 1 aliphatic rings. The van der Waals surface area contributed by atoms with Crippen molar-refractivity contribution in [3.8, 4) is 0 Å². The van der Waals surface area contributed by atoms with Gasteiger partial charge in [-0.25, -0.2) is 4.79 Å². The molecule has 2 rings (SSSR count). The number of amides is 4. The summed E-state index contributed by atoms with van der Waals surface area (Å²) in [6, 6.07) is 8.80. The van der Waals surface area contributed by atoms with Crippen LogP contribution >= 0.6 is 0 Å². The van der Waals surface area contributed by atoms with E-state index in [1.807, 2.05) is 30.3 Å². The number of likely N-dealkylation sites (N-methyl/N-ethyl adjacent to an activating group) is 1. The van der Waals surface area contributed by atoms with E-state index in [4.69, 9.17) is 0 Å². The predicted octanol–water partition coefficient (Wildman–Crippen LogP) is 3.60. The number of carbonyl (C=O) groups is 3. The highest BCUT2D eigenvalue weighted by molar-refractivity contribution is 6.19. The van der Waals surface area contributed by atoms with Gasteiger partial charge in [0.2, 0.25) is 11.8 Å². The lowest BCUT2D eigenvalue weighted by molar-refractivity contribution is -0.905. The highest BCUT2D eigenvalue weighted by Crippen LogP contribution is 2.37. The van der Waals surface area contributed by atoms with Crippen molar-refractivity contribution in [3.63, 3.8) is 0 Å². The molecule has 0 unspecified atom stereocenters. The highest BCUT2D eigenvalue weighted by atomic mass is 16.2. The Balaban J connectivity index is 2.45. The van der Waals surface area contributed by atoms with Crippen LogP contribution in [0.25, 0.3) is 0 Å². The van der Waals surface area contributed by atoms with E-state index in [-0.39, 0.29) is 25.9 Å². The van der Waals surface area contributed by atoms with Crippen LogP contribution in [0.5, 0.6) is 0 Å². The molecule has 1 aromatic rings. The lowest BCUT2D eigenvalue weighted by Crippen LogP contribution is -2.66. The maximum atomic E-state index is 13.5. The van der Waals surface area contributed by atoms with E-state index < -0.39 is 23.3 Å². The van der Waals surface area contributed by atoms with E-state index in [1.165, 1.54) is 9.80 Å². The zero-order valence-electron chi connectivity index (χ0n) is 18.5. The molecule has 30 heavy (non-hydrogen) atoms. The Labute approximate surface area is 180 Å². The van der Waals surface area contributed by atoms with Gasteiger partial charge in [-0.15, -0.1) is 13.2 Å². The third kappa shape index (κ3) is 4.54. The number of imide groups is 2. The Morgan fingerprint density at radius 2 is 1.47 bits per heavy atom. The van der Waals surface area contributed by atoms with Gasteiger partial charge >= 0.3 is 6.03 Å². The van der Waals surface area contributed by atoms with Crippen LogP contribution in [0.3, 0.4) is 0 Å². The summed E-state index contributed by atoms with van der Waals surface area (Å²) < 4.78 is 0.736. The molecule has 0 N–H and O–H groups in total.